The molecule has 0 fully saturated rings. The second-order valence-corrected chi connectivity index (χ2v) is 7.16. The SMILES string of the molecule is CCCC(=O)Nc1ccc(NC(=O)c2ccc(C(C)(C)C)cc2)cc1. The molecule has 4 nitrogen and oxygen atoms in total. The smallest absolute Gasteiger partial charge is 0.255 e. The van der Waals surface area contributed by atoms with Gasteiger partial charge < -0.3 is 10.6 Å². The summed E-state index contributed by atoms with van der Waals surface area (Å²) in [7, 11) is 0. The molecule has 0 aromatic heterocycles. The number of nitrogens with one attached hydrogen (secondary N) is 2. The summed E-state index contributed by atoms with van der Waals surface area (Å²) in [5.74, 6) is -0.151. The maximum atomic E-state index is 12.3. The zero-order valence-electron chi connectivity index (χ0n) is 15.3. The van der Waals surface area contributed by atoms with Gasteiger partial charge in [-0.3, -0.25) is 9.59 Å². The Kier molecular flexibility index (Phi) is 5.97. The first-order valence-electron chi connectivity index (χ1n) is 8.61. The Morgan fingerprint density at radius 3 is 1.84 bits per heavy atom. The van der Waals surface area contributed by atoms with Crippen molar-refractivity contribution in [3.63, 3.8) is 0 Å². The predicted molar refractivity (Wildman–Crippen MR) is 103 cm³/mol. The first-order valence-corrected chi connectivity index (χ1v) is 8.61. The van der Waals surface area contributed by atoms with E-state index in [4.69, 9.17) is 0 Å². The Hall–Kier alpha value is -2.62. The number of rotatable bonds is 5. The molecule has 0 spiro atoms. The van der Waals surface area contributed by atoms with E-state index < -0.39 is 0 Å². The predicted octanol–water partition coefficient (Wildman–Crippen LogP) is 4.98. The molecule has 0 atom stereocenters. The van der Waals surface area contributed by atoms with Crippen LogP contribution in [0.3, 0.4) is 0 Å². The molecule has 2 amide bonds. The molecule has 0 heterocycles. The van der Waals surface area contributed by atoms with Crippen LogP contribution in [0.4, 0.5) is 11.4 Å². The van der Waals surface area contributed by atoms with Crippen molar-refractivity contribution in [2.24, 2.45) is 0 Å². The lowest BCUT2D eigenvalue weighted by molar-refractivity contribution is -0.116. The highest BCUT2D eigenvalue weighted by molar-refractivity contribution is 6.04. The molecule has 0 saturated heterocycles. The van der Waals surface area contributed by atoms with Gasteiger partial charge in [0.2, 0.25) is 5.91 Å². The topological polar surface area (TPSA) is 58.2 Å². The summed E-state index contributed by atoms with van der Waals surface area (Å²) in [4.78, 5) is 23.9. The lowest BCUT2D eigenvalue weighted by atomic mass is 9.87. The Balaban J connectivity index is 1.99. The van der Waals surface area contributed by atoms with Crippen LogP contribution in [0.5, 0.6) is 0 Å². The van der Waals surface area contributed by atoms with Gasteiger partial charge in [-0.2, -0.15) is 0 Å². The number of anilines is 2. The van der Waals surface area contributed by atoms with Gasteiger partial charge in [0, 0.05) is 23.4 Å². The molecule has 25 heavy (non-hydrogen) atoms. The van der Waals surface area contributed by atoms with E-state index in [2.05, 4.69) is 31.4 Å². The van der Waals surface area contributed by atoms with Crippen molar-refractivity contribution in [3.05, 3.63) is 59.7 Å². The van der Waals surface area contributed by atoms with Gasteiger partial charge in [-0.15, -0.1) is 0 Å². The summed E-state index contributed by atoms with van der Waals surface area (Å²) in [6, 6.07) is 14.8. The number of carbonyl (C=O) groups is 2. The maximum absolute atomic E-state index is 12.3. The maximum Gasteiger partial charge on any atom is 0.255 e. The molecule has 2 N–H and O–H groups in total. The highest BCUT2D eigenvalue weighted by atomic mass is 16.2. The van der Waals surface area contributed by atoms with E-state index in [9.17, 15) is 9.59 Å². The molecule has 4 heteroatoms. The Morgan fingerprint density at radius 1 is 0.840 bits per heavy atom. The zero-order chi connectivity index (χ0) is 18.4. The molecular formula is C21H26N2O2. The molecular weight excluding hydrogens is 312 g/mol. The van der Waals surface area contributed by atoms with Gasteiger partial charge in [-0.05, 0) is 53.8 Å². The van der Waals surface area contributed by atoms with Crippen molar-refractivity contribution in [3.8, 4) is 0 Å². The van der Waals surface area contributed by atoms with E-state index in [1.165, 1.54) is 5.56 Å². The molecule has 2 aromatic carbocycles. The third kappa shape index (κ3) is 5.45. The van der Waals surface area contributed by atoms with Crippen molar-refractivity contribution >= 4 is 23.2 Å². The number of benzene rings is 2. The monoisotopic (exact) mass is 338 g/mol. The van der Waals surface area contributed by atoms with Gasteiger partial charge in [0.05, 0.1) is 0 Å². The van der Waals surface area contributed by atoms with Gasteiger partial charge in [0.1, 0.15) is 0 Å². The Morgan fingerprint density at radius 2 is 1.36 bits per heavy atom. The van der Waals surface area contributed by atoms with Crippen LogP contribution in [-0.4, -0.2) is 11.8 Å². The number of carbonyl (C=O) groups excluding carboxylic acids is 2. The molecule has 132 valence electrons. The summed E-state index contributed by atoms with van der Waals surface area (Å²) < 4.78 is 0. The van der Waals surface area contributed by atoms with Gasteiger partial charge >= 0.3 is 0 Å². The van der Waals surface area contributed by atoms with E-state index in [1.54, 1.807) is 24.3 Å². The fraction of sp³-hybridized carbons (Fsp3) is 0.333. The summed E-state index contributed by atoms with van der Waals surface area (Å²) in [5, 5.41) is 5.69. The normalized spacial score (nSPS) is 11.0. The summed E-state index contributed by atoms with van der Waals surface area (Å²) >= 11 is 0. The molecule has 0 aliphatic carbocycles. The fourth-order valence-corrected chi connectivity index (χ4v) is 2.41. The first kappa shape index (κ1) is 18.7. The number of hydrogen-bond acceptors (Lipinski definition) is 2. The molecule has 0 aliphatic rings. The van der Waals surface area contributed by atoms with Crippen LogP contribution in [0.25, 0.3) is 0 Å². The van der Waals surface area contributed by atoms with Crippen LogP contribution in [0, 0.1) is 0 Å². The van der Waals surface area contributed by atoms with Crippen LogP contribution in [0.15, 0.2) is 48.5 Å². The van der Waals surface area contributed by atoms with E-state index in [-0.39, 0.29) is 17.2 Å². The van der Waals surface area contributed by atoms with Crippen LogP contribution in [-0.2, 0) is 10.2 Å². The lowest BCUT2D eigenvalue weighted by Crippen LogP contribution is -2.14. The van der Waals surface area contributed by atoms with Crippen LogP contribution < -0.4 is 10.6 Å². The third-order valence-corrected chi connectivity index (χ3v) is 3.92. The minimum atomic E-state index is -0.150. The van der Waals surface area contributed by atoms with Gasteiger partial charge in [-0.1, -0.05) is 39.8 Å². The van der Waals surface area contributed by atoms with Crippen LogP contribution >= 0.6 is 0 Å². The van der Waals surface area contributed by atoms with Crippen molar-refractivity contribution in [2.45, 2.75) is 46.0 Å². The van der Waals surface area contributed by atoms with Crippen molar-refractivity contribution in [1.29, 1.82) is 0 Å². The van der Waals surface area contributed by atoms with E-state index in [1.807, 2.05) is 31.2 Å². The largest absolute Gasteiger partial charge is 0.326 e. The van der Waals surface area contributed by atoms with Gasteiger partial charge in [0.25, 0.3) is 5.91 Å². The average molecular weight is 338 g/mol. The summed E-state index contributed by atoms with van der Waals surface area (Å²) in [6.45, 7) is 8.39. The second kappa shape index (κ2) is 7.97. The molecule has 0 unspecified atom stereocenters. The third-order valence-electron chi connectivity index (χ3n) is 3.92. The molecule has 0 saturated carbocycles. The highest BCUT2D eigenvalue weighted by Crippen LogP contribution is 2.22. The minimum absolute atomic E-state index is 0.00164. The number of amides is 2. The van der Waals surface area contributed by atoms with Crippen molar-refractivity contribution in [2.75, 3.05) is 10.6 Å². The quantitative estimate of drug-likeness (QED) is 0.808. The lowest BCUT2D eigenvalue weighted by Gasteiger charge is -2.19. The minimum Gasteiger partial charge on any atom is -0.326 e. The second-order valence-electron chi connectivity index (χ2n) is 7.16. The molecule has 0 aliphatic heterocycles. The molecule has 0 radical (unpaired) electrons. The standard InChI is InChI=1S/C21H26N2O2/c1-5-6-19(24)22-17-11-13-18(14-12-17)23-20(25)15-7-9-16(10-8-15)21(2,3)4/h7-14H,5-6H2,1-4H3,(H,22,24)(H,23,25). The zero-order valence-corrected chi connectivity index (χ0v) is 15.3. The van der Waals surface area contributed by atoms with Gasteiger partial charge in [-0.25, -0.2) is 0 Å². The summed E-state index contributed by atoms with van der Waals surface area (Å²) in [5.41, 5.74) is 3.29. The average Bonchev–Trinajstić information content (AvgIpc) is 2.56. The molecule has 2 rings (SSSR count). The molecule has 0 bridgehead atoms. The van der Waals surface area contributed by atoms with E-state index >= 15 is 0 Å². The van der Waals surface area contributed by atoms with E-state index in [0.29, 0.717) is 17.7 Å². The van der Waals surface area contributed by atoms with Crippen LogP contribution in [0.2, 0.25) is 0 Å². The van der Waals surface area contributed by atoms with Crippen LogP contribution in [0.1, 0.15) is 56.5 Å². The Labute approximate surface area is 149 Å². The Bertz CT molecular complexity index is 726. The highest BCUT2D eigenvalue weighted by Gasteiger charge is 2.14. The van der Waals surface area contributed by atoms with E-state index in [0.717, 1.165) is 12.1 Å². The van der Waals surface area contributed by atoms with Crippen molar-refractivity contribution < 1.29 is 9.59 Å². The first-order chi connectivity index (χ1) is 11.8. The summed E-state index contributed by atoms with van der Waals surface area (Å²) in [6.07, 6.45) is 1.32. The number of hydrogen-bond donors (Lipinski definition) is 2. The molecule has 2 aromatic rings. The fourth-order valence-electron chi connectivity index (χ4n) is 2.41. The van der Waals surface area contributed by atoms with Gasteiger partial charge in [0.15, 0.2) is 0 Å². The van der Waals surface area contributed by atoms with Crippen molar-refractivity contribution in [1.82, 2.24) is 0 Å².